The van der Waals surface area contributed by atoms with Gasteiger partial charge in [0.2, 0.25) is 0 Å². The zero-order valence-electron chi connectivity index (χ0n) is 26.6. The molecule has 1 aliphatic carbocycles. The summed E-state index contributed by atoms with van der Waals surface area (Å²) in [4.78, 5) is 2.34. The van der Waals surface area contributed by atoms with Gasteiger partial charge in [-0.2, -0.15) is 0 Å². The van der Waals surface area contributed by atoms with Crippen LogP contribution in [0, 0.1) is 0 Å². The van der Waals surface area contributed by atoms with E-state index >= 15 is 0 Å². The maximum atomic E-state index is 6.33. The Morgan fingerprint density at radius 1 is 0.435 bits per heavy atom. The molecule has 0 atom stereocenters. The van der Waals surface area contributed by atoms with Crippen molar-refractivity contribution in [1.82, 2.24) is 0 Å². The van der Waals surface area contributed by atoms with Crippen LogP contribution in [0.1, 0.15) is 38.8 Å². The highest BCUT2D eigenvalue weighted by Crippen LogP contribution is 2.55. The molecule has 8 aromatic rings. The van der Waals surface area contributed by atoms with Crippen molar-refractivity contribution in [2.24, 2.45) is 0 Å². The molecule has 0 N–H and O–H groups in total. The number of nitrogens with zero attached hydrogens (tertiary/aromatic N) is 1. The van der Waals surface area contributed by atoms with E-state index in [1.54, 1.807) is 0 Å². The van der Waals surface area contributed by atoms with E-state index in [4.69, 9.17) is 4.42 Å². The number of fused-ring (bicyclic) bond motifs is 10. The topological polar surface area (TPSA) is 16.4 Å². The second-order valence-electron chi connectivity index (χ2n) is 13.8. The zero-order chi connectivity index (χ0) is 31.2. The van der Waals surface area contributed by atoms with Crippen molar-refractivity contribution >= 4 is 60.5 Å². The second kappa shape index (κ2) is 9.58. The van der Waals surface area contributed by atoms with Crippen molar-refractivity contribution in [3.63, 3.8) is 0 Å². The average Bonchev–Trinajstić information content (AvgIpc) is 3.45. The Hall–Kier alpha value is -5.34. The van der Waals surface area contributed by atoms with Crippen molar-refractivity contribution in [2.45, 2.75) is 38.5 Å². The van der Waals surface area contributed by atoms with Crippen molar-refractivity contribution in [2.75, 3.05) is 4.90 Å². The predicted octanol–water partition coefficient (Wildman–Crippen LogP) is 12.6. The largest absolute Gasteiger partial charge is 0.456 e. The first-order valence-corrected chi connectivity index (χ1v) is 16.2. The maximum Gasteiger partial charge on any atom is 0.137 e. The Morgan fingerprint density at radius 2 is 1.07 bits per heavy atom. The third-order valence-corrected chi connectivity index (χ3v) is 11.0. The summed E-state index contributed by atoms with van der Waals surface area (Å²) < 4.78 is 6.33. The molecular weight excluding hydrogens is 558 g/mol. The summed E-state index contributed by atoms with van der Waals surface area (Å²) >= 11 is 0. The van der Waals surface area contributed by atoms with Crippen LogP contribution in [0.4, 0.5) is 17.1 Å². The van der Waals surface area contributed by atoms with Crippen molar-refractivity contribution in [1.29, 1.82) is 0 Å². The fraction of sp³-hybridized carbons (Fsp3) is 0.136. The van der Waals surface area contributed by atoms with Gasteiger partial charge in [-0.1, -0.05) is 119 Å². The van der Waals surface area contributed by atoms with Crippen molar-refractivity contribution < 1.29 is 4.42 Å². The SMILES string of the molecule is CC1(C)c2ccccc2-c2c(ccc3c2ccc2ccc(N(c4ccccc4)c4ccc5c(c4)oc4ccccc45)cc23)C1(C)C. The molecule has 0 spiro atoms. The minimum atomic E-state index is -0.0267. The predicted molar refractivity (Wildman–Crippen MR) is 195 cm³/mol. The first kappa shape index (κ1) is 27.0. The van der Waals surface area contributed by atoms with Crippen LogP contribution < -0.4 is 4.90 Å². The molecule has 0 radical (unpaired) electrons. The van der Waals surface area contributed by atoms with Gasteiger partial charge in [0.15, 0.2) is 0 Å². The molecule has 1 heterocycles. The lowest BCUT2D eigenvalue weighted by Gasteiger charge is -2.48. The molecular formula is C44H35NO. The van der Waals surface area contributed by atoms with Gasteiger partial charge in [0.05, 0.1) is 0 Å². The van der Waals surface area contributed by atoms with Gasteiger partial charge >= 0.3 is 0 Å². The summed E-state index contributed by atoms with van der Waals surface area (Å²) in [6.45, 7) is 9.60. The van der Waals surface area contributed by atoms with Crippen LogP contribution in [0.15, 0.2) is 144 Å². The molecule has 222 valence electrons. The molecule has 9 rings (SSSR count). The molecule has 46 heavy (non-hydrogen) atoms. The highest BCUT2D eigenvalue weighted by molar-refractivity contribution is 6.14. The highest BCUT2D eigenvalue weighted by atomic mass is 16.3. The molecule has 2 heteroatoms. The first-order valence-electron chi connectivity index (χ1n) is 16.2. The molecule has 0 unspecified atom stereocenters. The van der Waals surface area contributed by atoms with Crippen LogP contribution in [0.2, 0.25) is 0 Å². The van der Waals surface area contributed by atoms with Crippen LogP contribution in [-0.4, -0.2) is 0 Å². The van der Waals surface area contributed by atoms with E-state index in [9.17, 15) is 0 Å². The Balaban J connectivity index is 1.28. The van der Waals surface area contributed by atoms with Gasteiger partial charge in [-0.3, -0.25) is 0 Å². The van der Waals surface area contributed by atoms with Crippen LogP contribution in [0.5, 0.6) is 0 Å². The van der Waals surface area contributed by atoms with Gasteiger partial charge in [-0.25, -0.2) is 0 Å². The lowest BCUT2D eigenvalue weighted by Crippen LogP contribution is -2.43. The third kappa shape index (κ3) is 3.70. The lowest BCUT2D eigenvalue weighted by atomic mass is 9.55. The monoisotopic (exact) mass is 593 g/mol. The van der Waals surface area contributed by atoms with Gasteiger partial charge in [-0.05, 0) is 97.1 Å². The fourth-order valence-electron chi connectivity index (χ4n) is 7.87. The van der Waals surface area contributed by atoms with Crippen LogP contribution in [0.3, 0.4) is 0 Å². The van der Waals surface area contributed by atoms with Gasteiger partial charge in [0.1, 0.15) is 11.2 Å². The molecule has 0 saturated heterocycles. The van der Waals surface area contributed by atoms with Gasteiger partial charge in [0, 0.05) is 33.9 Å². The van der Waals surface area contributed by atoms with E-state index in [1.165, 1.54) is 43.8 Å². The van der Waals surface area contributed by atoms with Gasteiger partial charge in [-0.15, -0.1) is 0 Å². The van der Waals surface area contributed by atoms with Crippen LogP contribution in [0.25, 0.3) is 54.6 Å². The van der Waals surface area contributed by atoms with E-state index in [-0.39, 0.29) is 10.8 Å². The molecule has 0 aliphatic heterocycles. The number of rotatable bonds is 3. The maximum absolute atomic E-state index is 6.33. The van der Waals surface area contributed by atoms with E-state index in [2.05, 4.69) is 160 Å². The van der Waals surface area contributed by atoms with Gasteiger partial charge in [0.25, 0.3) is 0 Å². The van der Waals surface area contributed by atoms with Crippen molar-refractivity contribution in [3.05, 3.63) is 151 Å². The molecule has 2 nitrogen and oxygen atoms in total. The standard InChI is InChI=1S/C44H35NO/c1-43(2)38-16-10-8-15-36(38)42-35-22-19-28-18-20-30(26-37(28)32(35)24-25-39(42)44(43,3)4)45(29-12-6-5-7-13-29)31-21-23-34-33-14-9-11-17-40(33)46-41(34)27-31/h5-27H,1-4H3. The van der Waals surface area contributed by atoms with Crippen LogP contribution >= 0.6 is 0 Å². The summed E-state index contributed by atoms with van der Waals surface area (Å²) in [5.74, 6) is 0. The van der Waals surface area contributed by atoms with E-state index in [0.717, 1.165) is 39.0 Å². The highest BCUT2D eigenvalue weighted by Gasteiger charge is 2.46. The molecule has 0 saturated carbocycles. The lowest BCUT2D eigenvalue weighted by molar-refractivity contribution is 0.299. The summed E-state index contributed by atoms with van der Waals surface area (Å²) in [5, 5.41) is 7.36. The Labute approximate surface area is 269 Å². The Kier molecular flexibility index (Phi) is 5.63. The number of para-hydroxylation sites is 2. The molecule has 0 fully saturated rings. The average molecular weight is 594 g/mol. The molecule has 1 aliphatic rings. The van der Waals surface area contributed by atoms with E-state index in [1.807, 2.05) is 12.1 Å². The number of benzene rings is 7. The Bertz CT molecular complexity index is 2480. The van der Waals surface area contributed by atoms with Crippen molar-refractivity contribution in [3.8, 4) is 11.1 Å². The molecule has 7 aromatic carbocycles. The number of furan rings is 1. The first-order chi connectivity index (χ1) is 22.3. The zero-order valence-corrected chi connectivity index (χ0v) is 26.6. The van der Waals surface area contributed by atoms with E-state index in [0.29, 0.717) is 0 Å². The molecule has 0 bridgehead atoms. The summed E-state index contributed by atoms with van der Waals surface area (Å²) in [6.07, 6.45) is 0. The summed E-state index contributed by atoms with van der Waals surface area (Å²) in [6, 6.07) is 50.7. The number of anilines is 3. The number of hydrogen-bond donors (Lipinski definition) is 0. The number of hydrogen-bond acceptors (Lipinski definition) is 2. The van der Waals surface area contributed by atoms with Gasteiger partial charge < -0.3 is 9.32 Å². The fourth-order valence-corrected chi connectivity index (χ4v) is 7.87. The quantitative estimate of drug-likeness (QED) is 0.189. The summed E-state index contributed by atoms with van der Waals surface area (Å²) in [5.41, 5.74) is 10.6. The van der Waals surface area contributed by atoms with Crippen LogP contribution in [-0.2, 0) is 10.8 Å². The minimum absolute atomic E-state index is 0.00537. The molecule has 0 amide bonds. The Morgan fingerprint density at radius 3 is 1.93 bits per heavy atom. The van der Waals surface area contributed by atoms with E-state index < -0.39 is 0 Å². The minimum Gasteiger partial charge on any atom is -0.456 e. The third-order valence-electron chi connectivity index (χ3n) is 11.0. The summed E-state index contributed by atoms with van der Waals surface area (Å²) in [7, 11) is 0. The second-order valence-corrected chi connectivity index (χ2v) is 13.8. The normalized spacial score (nSPS) is 14.9. The smallest absolute Gasteiger partial charge is 0.137 e. The molecule has 1 aromatic heterocycles.